The standard InChI is InChI=1S/C16H32O4.C16H28O4/c2*1-13(2,3)17-19-15(7)9-11-16(8,12-10-15)20-18-14(4,5)6/h9-12H2,1-8H3;9,11H2,1-8H3. The van der Waals surface area contributed by atoms with Gasteiger partial charge in [-0.2, -0.15) is 0 Å². The van der Waals surface area contributed by atoms with Gasteiger partial charge in [-0.25, -0.2) is 39.1 Å². The molecule has 1 fully saturated rings. The van der Waals surface area contributed by atoms with E-state index in [4.69, 9.17) is 39.1 Å². The van der Waals surface area contributed by atoms with Gasteiger partial charge >= 0.3 is 0 Å². The Bertz CT molecular complexity index is 770. The van der Waals surface area contributed by atoms with Crippen molar-refractivity contribution in [3.8, 4) is 11.8 Å². The molecule has 0 aromatic rings. The molecule has 2 aliphatic rings. The maximum Gasteiger partial charge on any atom is 0.161 e. The second-order valence-electron chi connectivity index (χ2n) is 16.2. The number of hydrogen-bond donors (Lipinski definition) is 0. The first-order valence-electron chi connectivity index (χ1n) is 14.7. The molecule has 2 atom stereocenters. The molecule has 0 aliphatic heterocycles. The van der Waals surface area contributed by atoms with Crippen molar-refractivity contribution in [3.63, 3.8) is 0 Å². The minimum atomic E-state index is -0.599. The van der Waals surface area contributed by atoms with Crippen LogP contribution in [0.4, 0.5) is 0 Å². The van der Waals surface area contributed by atoms with Crippen LogP contribution in [-0.4, -0.2) is 44.8 Å². The van der Waals surface area contributed by atoms with Crippen molar-refractivity contribution >= 4 is 0 Å². The quantitative estimate of drug-likeness (QED) is 0.163. The van der Waals surface area contributed by atoms with Crippen LogP contribution in [0.3, 0.4) is 0 Å². The van der Waals surface area contributed by atoms with Gasteiger partial charge in [0.1, 0.15) is 11.2 Å². The topological polar surface area (TPSA) is 73.8 Å². The van der Waals surface area contributed by atoms with Gasteiger partial charge in [0.15, 0.2) is 11.2 Å². The second-order valence-corrected chi connectivity index (χ2v) is 16.2. The van der Waals surface area contributed by atoms with Gasteiger partial charge in [0.05, 0.1) is 22.4 Å². The first-order chi connectivity index (χ1) is 17.7. The molecule has 0 aromatic heterocycles. The lowest BCUT2D eigenvalue weighted by molar-refractivity contribution is -0.429. The van der Waals surface area contributed by atoms with Gasteiger partial charge < -0.3 is 0 Å². The molecule has 0 bridgehead atoms. The fourth-order valence-electron chi connectivity index (χ4n) is 3.35. The molecule has 2 unspecified atom stereocenters. The van der Waals surface area contributed by atoms with E-state index in [9.17, 15) is 0 Å². The Morgan fingerprint density at radius 2 is 0.600 bits per heavy atom. The Morgan fingerprint density at radius 3 is 0.800 bits per heavy atom. The summed E-state index contributed by atoms with van der Waals surface area (Å²) in [6.07, 6.45) is 5.03. The van der Waals surface area contributed by atoms with E-state index in [1.54, 1.807) is 0 Å². The summed E-state index contributed by atoms with van der Waals surface area (Å²) < 4.78 is 0. The van der Waals surface area contributed by atoms with Crippen molar-refractivity contribution in [1.82, 2.24) is 0 Å². The van der Waals surface area contributed by atoms with Crippen molar-refractivity contribution in [2.45, 2.75) is 194 Å². The predicted octanol–water partition coefficient (Wildman–Crippen LogP) is 8.37. The van der Waals surface area contributed by atoms with Crippen LogP contribution >= 0.6 is 0 Å². The summed E-state index contributed by atoms with van der Waals surface area (Å²) >= 11 is 0. The summed E-state index contributed by atoms with van der Waals surface area (Å²) in [5.74, 6) is 6.19. The molecule has 8 heteroatoms. The fraction of sp³-hybridized carbons (Fsp3) is 0.938. The summed E-state index contributed by atoms with van der Waals surface area (Å²) in [6, 6.07) is 0. The third kappa shape index (κ3) is 16.0. The Morgan fingerprint density at radius 1 is 0.375 bits per heavy atom. The Labute approximate surface area is 245 Å². The lowest BCUT2D eigenvalue weighted by Gasteiger charge is -2.42. The summed E-state index contributed by atoms with van der Waals surface area (Å²) in [6.45, 7) is 31.6. The molecule has 236 valence electrons. The van der Waals surface area contributed by atoms with E-state index < -0.39 is 11.2 Å². The molecule has 0 heterocycles. The highest BCUT2D eigenvalue weighted by molar-refractivity contribution is 5.24. The highest BCUT2D eigenvalue weighted by atomic mass is 17.2. The van der Waals surface area contributed by atoms with Crippen molar-refractivity contribution in [2.75, 3.05) is 0 Å². The number of rotatable bonds is 8. The van der Waals surface area contributed by atoms with Gasteiger partial charge in [-0.1, -0.05) is 11.8 Å². The maximum absolute atomic E-state index is 5.68. The number of hydrogen-bond acceptors (Lipinski definition) is 8. The van der Waals surface area contributed by atoms with E-state index in [0.717, 1.165) is 38.5 Å². The zero-order valence-corrected chi connectivity index (χ0v) is 28.5. The van der Waals surface area contributed by atoms with Crippen molar-refractivity contribution in [1.29, 1.82) is 0 Å². The third-order valence-corrected chi connectivity index (χ3v) is 5.97. The molecular formula is C32H60O8. The Kier molecular flexibility index (Phi) is 12.4. The SMILES string of the molecule is CC(C)(C)OOC1(C)C#CC(C)(OOC(C)(C)C)CC1.CC(C)(C)OOC1(C)CCC(C)(OOC(C)(C)C)CC1. The summed E-state index contributed by atoms with van der Waals surface area (Å²) in [5.41, 5.74) is -2.94. The average molecular weight is 573 g/mol. The molecule has 0 N–H and O–H groups in total. The smallest absolute Gasteiger partial charge is 0.161 e. The van der Waals surface area contributed by atoms with Crippen LogP contribution in [0.25, 0.3) is 0 Å². The average Bonchev–Trinajstić information content (AvgIpc) is 2.78. The molecule has 1 saturated carbocycles. The van der Waals surface area contributed by atoms with Crippen LogP contribution in [0.2, 0.25) is 0 Å². The van der Waals surface area contributed by atoms with E-state index in [-0.39, 0.29) is 33.6 Å². The van der Waals surface area contributed by atoms with Gasteiger partial charge in [-0.15, -0.1) is 0 Å². The highest BCUT2D eigenvalue weighted by Gasteiger charge is 2.42. The van der Waals surface area contributed by atoms with E-state index in [2.05, 4.69) is 25.7 Å². The zero-order valence-electron chi connectivity index (χ0n) is 28.5. The summed E-state index contributed by atoms with van der Waals surface area (Å²) in [7, 11) is 0. The largest absolute Gasteiger partial charge is 0.230 e. The van der Waals surface area contributed by atoms with Crippen molar-refractivity contribution in [3.05, 3.63) is 0 Å². The van der Waals surface area contributed by atoms with Crippen LogP contribution in [-0.2, 0) is 39.1 Å². The fourth-order valence-corrected chi connectivity index (χ4v) is 3.35. The van der Waals surface area contributed by atoms with Gasteiger partial charge in [0, 0.05) is 0 Å². The normalized spacial score (nSPS) is 31.6. The molecule has 0 radical (unpaired) electrons. The molecule has 8 nitrogen and oxygen atoms in total. The first-order valence-corrected chi connectivity index (χ1v) is 14.7. The lowest BCUT2D eigenvalue weighted by atomic mass is 9.78. The summed E-state index contributed by atoms with van der Waals surface area (Å²) in [5, 5.41) is 0. The van der Waals surface area contributed by atoms with E-state index in [1.807, 2.05) is 96.9 Å². The molecule has 0 saturated heterocycles. The maximum atomic E-state index is 5.68. The van der Waals surface area contributed by atoms with E-state index in [1.165, 1.54) is 0 Å². The van der Waals surface area contributed by atoms with Gasteiger partial charge in [-0.3, -0.25) is 0 Å². The van der Waals surface area contributed by atoms with Crippen LogP contribution in [0, 0.1) is 11.8 Å². The molecular weight excluding hydrogens is 512 g/mol. The molecule has 0 amide bonds. The second kappa shape index (κ2) is 13.3. The predicted molar refractivity (Wildman–Crippen MR) is 157 cm³/mol. The Balaban J connectivity index is 0.000000400. The molecule has 0 spiro atoms. The highest BCUT2D eigenvalue weighted by Crippen LogP contribution is 2.40. The van der Waals surface area contributed by atoms with E-state index >= 15 is 0 Å². The van der Waals surface area contributed by atoms with Crippen LogP contribution < -0.4 is 0 Å². The van der Waals surface area contributed by atoms with Crippen molar-refractivity contribution in [2.24, 2.45) is 0 Å². The van der Waals surface area contributed by atoms with Gasteiger partial charge in [0.25, 0.3) is 0 Å². The lowest BCUT2D eigenvalue weighted by Crippen LogP contribution is -2.44. The van der Waals surface area contributed by atoms with Crippen LogP contribution in [0.5, 0.6) is 0 Å². The molecule has 40 heavy (non-hydrogen) atoms. The molecule has 2 rings (SSSR count). The zero-order chi connectivity index (χ0) is 31.3. The van der Waals surface area contributed by atoms with Crippen LogP contribution in [0.1, 0.15) is 149 Å². The minimum Gasteiger partial charge on any atom is -0.230 e. The van der Waals surface area contributed by atoms with Gasteiger partial charge in [0.2, 0.25) is 0 Å². The minimum absolute atomic E-state index is 0.238. The van der Waals surface area contributed by atoms with Crippen molar-refractivity contribution < 1.29 is 39.1 Å². The first kappa shape index (κ1) is 37.3. The van der Waals surface area contributed by atoms with E-state index in [0.29, 0.717) is 0 Å². The Hall–Kier alpha value is -0.760. The molecule has 0 aromatic carbocycles. The monoisotopic (exact) mass is 572 g/mol. The molecule has 2 aliphatic carbocycles. The summed E-state index contributed by atoms with van der Waals surface area (Å²) in [4.78, 5) is 44.1. The van der Waals surface area contributed by atoms with Crippen LogP contribution in [0.15, 0.2) is 0 Å². The van der Waals surface area contributed by atoms with Gasteiger partial charge in [-0.05, 0) is 149 Å². The third-order valence-electron chi connectivity index (χ3n) is 5.97.